The average molecular weight is 301 g/mol. The molecule has 5 heteroatoms. The van der Waals surface area contributed by atoms with E-state index in [-0.39, 0.29) is 5.91 Å². The molecule has 1 aliphatic rings. The molecular formula is C17H16FNO3. The number of methoxy groups -OCH3 is 1. The lowest BCUT2D eigenvalue weighted by molar-refractivity contribution is -0.116. The summed E-state index contributed by atoms with van der Waals surface area (Å²) in [6.45, 7) is 0. The Balaban J connectivity index is 2.06. The SMILES string of the molecule is COc1cccc(C(O)c2cc(F)cc3c2NC(=O)CC3)c1. The number of fused-ring (bicyclic) bond motifs is 1. The Kier molecular flexibility index (Phi) is 3.81. The molecule has 2 aromatic rings. The number of benzene rings is 2. The molecule has 3 rings (SSSR count). The standard InChI is InChI=1S/C17H16FNO3/c1-22-13-4-2-3-11(8-13)17(21)14-9-12(18)7-10-5-6-15(20)19-16(10)14/h2-4,7-9,17,21H,5-6H2,1H3,(H,19,20). The van der Waals surface area contributed by atoms with Crippen LogP contribution in [-0.4, -0.2) is 18.1 Å². The van der Waals surface area contributed by atoms with E-state index in [0.29, 0.717) is 41.0 Å². The van der Waals surface area contributed by atoms with Crippen molar-refractivity contribution in [1.29, 1.82) is 0 Å². The number of rotatable bonds is 3. The Hall–Kier alpha value is -2.40. The number of carbonyl (C=O) groups is 1. The van der Waals surface area contributed by atoms with Crippen LogP contribution < -0.4 is 10.1 Å². The Labute approximate surface area is 127 Å². The Morgan fingerprint density at radius 3 is 2.86 bits per heavy atom. The minimum Gasteiger partial charge on any atom is -0.497 e. The number of hydrogen-bond acceptors (Lipinski definition) is 3. The maximum Gasteiger partial charge on any atom is 0.224 e. The van der Waals surface area contributed by atoms with Crippen molar-refractivity contribution in [3.05, 3.63) is 58.9 Å². The van der Waals surface area contributed by atoms with Crippen LogP contribution in [0.1, 0.15) is 29.2 Å². The second kappa shape index (κ2) is 5.77. The van der Waals surface area contributed by atoms with Crippen LogP contribution >= 0.6 is 0 Å². The summed E-state index contributed by atoms with van der Waals surface area (Å²) in [5.41, 5.74) is 2.15. The lowest BCUT2D eigenvalue weighted by Gasteiger charge is -2.23. The van der Waals surface area contributed by atoms with Crippen LogP contribution in [0.5, 0.6) is 5.75 Å². The second-order valence-electron chi connectivity index (χ2n) is 5.26. The predicted octanol–water partition coefficient (Wildman–Crippen LogP) is 2.80. The molecule has 0 saturated heterocycles. The number of carbonyl (C=O) groups excluding carboxylic acids is 1. The number of anilines is 1. The van der Waals surface area contributed by atoms with Gasteiger partial charge < -0.3 is 15.2 Å². The Morgan fingerprint density at radius 2 is 2.09 bits per heavy atom. The molecule has 1 heterocycles. The van der Waals surface area contributed by atoms with Gasteiger partial charge in [0.1, 0.15) is 17.7 Å². The van der Waals surface area contributed by atoms with E-state index in [1.54, 1.807) is 24.3 Å². The summed E-state index contributed by atoms with van der Waals surface area (Å²) in [4.78, 5) is 11.6. The van der Waals surface area contributed by atoms with Crippen LogP contribution in [0.4, 0.5) is 10.1 Å². The van der Waals surface area contributed by atoms with Crippen LogP contribution in [0.3, 0.4) is 0 Å². The first-order chi connectivity index (χ1) is 10.6. The molecule has 0 radical (unpaired) electrons. The van der Waals surface area contributed by atoms with Gasteiger partial charge in [-0.15, -0.1) is 0 Å². The van der Waals surface area contributed by atoms with E-state index in [1.807, 2.05) is 0 Å². The van der Waals surface area contributed by atoms with Gasteiger partial charge in [0.2, 0.25) is 5.91 Å². The van der Waals surface area contributed by atoms with Crippen molar-refractivity contribution in [3.63, 3.8) is 0 Å². The van der Waals surface area contributed by atoms with Gasteiger partial charge in [-0.1, -0.05) is 12.1 Å². The smallest absolute Gasteiger partial charge is 0.224 e. The molecule has 0 fully saturated rings. The molecule has 4 nitrogen and oxygen atoms in total. The number of halogens is 1. The molecular weight excluding hydrogens is 285 g/mol. The molecule has 1 aliphatic heterocycles. The van der Waals surface area contributed by atoms with Gasteiger partial charge in [0.15, 0.2) is 0 Å². The number of amides is 1. The highest BCUT2D eigenvalue weighted by molar-refractivity contribution is 5.95. The third kappa shape index (κ3) is 2.67. The first-order valence-electron chi connectivity index (χ1n) is 7.02. The number of hydrogen-bond donors (Lipinski definition) is 2. The van der Waals surface area contributed by atoms with Crippen LogP contribution in [0.2, 0.25) is 0 Å². The first kappa shape index (κ1) is 14.5. The summed E-state index contributed by atoms with van der Waals surface area (Å²) in [7, 11) is 1.54. The van der Waals surface area contributed by atoms with E-state index in [1.165, 1.54) is 19.2 Å². The van der Waals surface area contributed by atoms with Crippen molar-refractivity contribution in [2.45, 2.75) is 18.9 Å². The minimum atomic E-state index is -1.04. The molecule has 2 N–H and O–H groups in total. The third-order valence-electron chi connectivity index (χ3n) is 3.81. The molecule has 22 heavy (non-hydrogen) atoms. The fraction of sp³-hybridized carbons (Fsp3) is 0.235. The molecule has 1 atom stereocenters. The maximum absolute atomic E-state index is 13.8. The highest BCUT2D eigenvalue weighted by Crippen LogP contribution is 2.35. The first-order valence-corrected chi connectivity index (χ1v) is 7.02. The average Bonchev–Trinajstić information content (AvgIpc) is 2.54. The van der Waals surface area contributed by atoms with Crippen LogP contribution in [0, 0.1) is 5.82 Å². The van der Waals surface area contributed by atoms with E-state index >= 15 is 0 Å². The molecule has 1 amide bonds. The molecule has 1 unspecified atom stereocenters. The lowest BCUT2D eigenvalue weighted by Crippen LogP contribution is -2.21. The Bertz CT molecular complexity index is 730. The summed E-state index contributed by atoms with van der Waals surface area (Å²) in [5, 5.41) is 13.3. The highest BCUT2D eigenvalue weighted by atomic mass is 19.1. The van der Waals surface area contributed by atoms with Crippen molar-refractivity contribution in [1.82, 2.24) is 0 Å². The molecule has 0 saturated carbocycles. The summed E-state index contributed by atoms with van der Waals surface area (Å²) in [6.07, 6.45) is -0.250. The number of aryl methyl sites for hydroxylation is 1. The van der Waals surface area contributed by atoms with Crippen LogP contribution in [-0.2, 0) is 11.2 Å². The van der Waals surface area contributed by atoms with Gasteiger partial charge >= 0.3 is 0 Å². The number of ether oxygens (including phenoxy) is 1. The fourth-order valence-electron chi connectivity index (χ4n) is 2.69. The summed E-state index contributed by atoms with van der Waals surface area (Å²) >= 11 is 0. The van der Waals surface area contributed by atoms with E-state index in [9.17, 15) is 14.3 Å². The summed E-state index contributed by atoms with van der Waals surface area (Å²) < 4.78 is 19.0. The zero-order valence-corrected chi connectivity index (χ0v) is 12.1. The number of aliphatic hydroxyl groups is 1. The van der Waals surface area contributed by atoms with Crippen molar-refractivity contribution < 1.29 is 19.0 Å². The largest absolute Gasteiger partial charge is 0.497 e. The number of nitrogens with one attached hydrogen (secondary N) is 1. The Morgan fingerprint density at radius 1 is 1.27 bits per heavy atom. The van der Waals surface area contributed by atoms with Crippen molar-refractivity contribution in [3.8, 4) is 5.75 Å². The van der Waals surface area contributed by atoms with E-state index in [0.717, 1.165) is 0 Å². The van der Waals surface area contributed by atoms with E-state index in [4.69, 9.17) is 4.74 Å². The summed E-state index contributed by atoms with van der Waals surface area (Å²) in [5.74, 6) is 0.0518. The molecule has 0 aliphatic carbocycles. The van der Waals surface area contributed by atoms with Crippen molar-refractivity contribution >= 4 is 11.6 Å². The van der Waals surface area contributed by atoms with Crippen molar-refractivity contribution in [2.75, 3.05) is 12.4 Å². The van der Waals surface area contributed by atoms with Gasteiger partial charge in [-0.3, -0.25) is 4.79 Å². The van der Waals surface area contributed by atoms with Gasteiger partial charge in [-0.25, -0.2) is 4.39 Å². The molecule has 0 spiro atoms. The van der Waals surface area contributed by atoms with Gasteiger partial charge in [0.25, 0.3) is 0 Å². The van der Waals surface area contributed by atoms with Crippen LogP contribution in [0.15, 0.2) is 36.4 Å². The molecule has 114 valence electrons. The normalized spacial score (nSPS) is 15.0. The topological polar surface area (TPSA) is 58.6 Å². The third-order valence-corrected chi connectivity index (χ3v) is 3.81. The lowest BCUT2D eigenvalue weighted by atomic mass is 9.93. The highest BCUT2D eigenvalue weighted by Gasteiger charge is 2.24. The zero-order chi connectivity index (χ0) is 15.7. The monoisotopic (exact) mass is 301 g/mol. The van der Waals surface area contributed by atoms with Gasteiger partial charge in [-0.05, 0) is 41.8 Å². The number of aliphatic hydroxyl groups excluding tert-OH is 1. The van der Waals surface area contributed by atoms with Crippen molar-refractivity contribution in [2.24, 2.45) is 0 Å². The van der Waals surface area contributed by atoms with Gasteiger partial charge in [0, 0.05) is 12.0 Å². The van der Waals surface area contributed by atoms with E-state index < -0.39 is 11.9 Å². The summed E-state index contributed by atoms with van der Waals surface area (Å²) in [6, 6.07) is 9.59. The van der Waals surface area contributed by atoms with Gasteiger partial charge in [-0.2, -0.15) is 0 Å². The fourth-order valence-corrected chi connectivity index (χ4v) is 2.69. The molecule has 0 bridgehead atoms. The maximum atomic E-state index is 13.8. The van der Waals surface area contributed by atoms with Crippen LogP contribution in [0.25, 0.3) is 0 Å². The molecule has 2 aromatic carbocycles. The predicted molar refractivity (Wildman–Crippen MR) is 80.4 cm³/mol. The van der Waals surface area contributed by atoms with Gasteiger partial charge in [0.05, 0.1) is 12.8 Å². The zero-order valence-electron chi connectivity index (χ0n) is 12.1. The quantitative estimate of drug-likeness (QED) is 0.916. The second-order valence-corrected chi connectivity index (χ2v) is 5.26. The van der Waals surface area contributed by atoms with E-state index in [2.05, 4.69) is 5.32 Å². The minimum absolute atomic E-state index is 0.127. The molecule has 0 aromatic heterocycles.